The molecule has 1 rings (SSSR count). The summed E-state index contributed by atoms with van der Waals surface area (Å²) < 4.78 is 26.4. The van der Waals surface area contributed by atoms with Gasteiger partial charge in [0.15, 0.2) is 0 Å². The molecule has 0 fully saturated rings. The number of amides is 1. The quantitative estimate of drug-likeness (QED) is 0.400. The maximum absolute atomic E-state index is 11.9. The van der Waals surface area contributed by atoms with Crippen molar-refractivity contribution in [3.63, 3.8) is 0 Å². The Bertz CT molecular complexity index is 644. The van der Waals surface area contributed by atoms with Crippen molar-refractivity contribution >= 4 is 27.4 Å². The Morgan fingerprint density at radius 2 is 1.96 bits per heavy atom. The van der Waals surface area contributed by atoms with Gasteiger partial charge >= 0.3 is 0 Å². The first-order valence-electron chi connectivity index (χ1n) is 6.82. The Balaban J connectivity index is 2.48. The number of anilines is 1. The molecule has 23 heavy (non-hydrogen) atoms. The standard InChI is InChI=1S/C13H19N3O6S/c1-3-15(8-9-22-23(2,20)21)10-13(17)14-11-4-6-12(7-5-11)16(18)19/h4-7H,3,8-10H2,1-2H3,(H,14,17). The molecule has 128 valence electrons. The van der Waals surface area contributed by atoms with Gasteiger partial charge in [-0.25, -0.2) is 0 Å². The molecule has 9 nitrogen and oxygen atoms in total. The fraction of sp³-hybridized carbons (Fsp3) is 0.462. The van der Waals surface area contributed by atoms with E-state index in [1.54, 1.807) is 4.90 Å². The second-order valence-corrected chi connectivity index (χ2v) is 6.39. The van der Waals surface area contributed by atoms with Crippen LogP contribution in [-0.2, 0) is 19.1 Å². The molecule has 0 heterocycles. The van der Waals surface area contributed by atoms with E-state index in [4.69, 9.17) is 0 Å². The summed E-state index contributed by atoms with van der Waals surface area (Å²) in [7, 11) is -3.50. The molecular weight excluding hydrogens is 326 g/mol. The molecule has 0 aliphatic rings. The van der Waals surface area contributed by atoms with Gasteiger partial charge in [-0.1, -0.05) is 6.92 Å². The fourth-order valence-corrected chi connectivity index (χ4v) is 2.11. The zero-order valence-electron chi connectivity index (χ0n) is 12.9. The highest BCUT2D eigenvalue weighted by molar-refractivity contribution is 7.85. The van der Waals surface area contributed by atoms with Crippen LogP contribution in [0.25, 0.3) is 0 Å². The van der Waals surface area contributed by atoms with Gasteiger partial charge in [-0.2, -0.15) is 8.42 Å². The lowest BCUT2D eigenvalue weighted by molar-refractivity contribution is -0.384. The van der Waals surface area contributed by atoms with Crippen molar-refractivity contribution in [1.82, 2.24) is 4.90 Å². The first kappa shape index (κ1) is 19.0. The van der Waals surface area contributed by atoms with E-state index in [0.717, 1.165) is 6.26 Å². The molecule has 0 unspecified atom stereocenters. The van der Waals surface area contributed by atoms with Gasteiger partial charge in [-0.3, -0.25) is 24.0 Å². The largest absolute Gasteiger partial charge is 0.325 e. The molecule has 1 N–H and O–H groups in total. The third-order valence-corrected chi connectivity index (χ3v) is 3.48. The lowest BCUT2D eigenvalue weighted by atomic mass is 10.3. The minimum Gasteiger partial charge on any atom is -0.325 e. The van der Waals surface area contributed by atoms with E-state index in [2.05, 4.69) is 9.50 Å². The Morgan fingerprint density at radius 1 is 1.35 bits per heavy atom. The molecule has 0 aliphatic heterocycles. The second kappa shape index (κ2) is 8.56. The molecule has 1 amide bonds. The van der Waals surface area contributed by atoms with Crippen LogP contribution in [0.1, 0.15) is 6.92 Å². The van der Waals surface area contributed by atoms with Crippen LogP contribution in [0.5, 0.6) is 0 Å². The van der Waals surface area contributed by atoms with Crippen molar-refractivity contribution < 1.29 is 22.3 Å². The van der Waals surface area contributed by atoms with Crippen LogP contribution in [-0.4, -0.2) is 56.6 Å². The van der Waals surface area contributed by atoms with Gasteiger partial charge in [0.05, 0.1) is 24.3 Å². The van der Waals surface area contributed by atoms with E-state index >= 15 is 0 Å². The summed E-state index contributed by atoms with van der Waals surface area (Å²) in [6.07, 6.45) is 0.963. The number of carbonyl (C=O) groups is 1. The van der Waals surface area contributed by atoms with E-state index < -0.39 is 15.0 Å². The van der Waals surface area contributed by atoms with Crippen molar-refractivity contribution in [1.29, 1.82) is 0 Å². The van der Waals surface area contributed by atoms with Gasteiger partial charge in [-0.15, -0.1) is 0 Å². The number of benzene rings is 1. The average Bonchev–Trinajstić information content (AvgIpc) is 2.45. The topological polar surface area (TPSA) is 119 Å². The van der Waals surface area contributed by atoms with Crippen LogP contribution in [0.2, 0.25) is 0 Å². The molecule has 0 saturated carbocycles. The van der Waals surface area contributed by atoms with E-state index in [0.29, 0.717) is 12.2 Å². The summed E-state index contributed by atoms with van der Waals surface area (Å²) in [5, 5.41) is 13.2. The first-order chi connectivity index (χ1) is 10.7. The van der Waals surface area contributed by atoms with E-state index in [-0.39, 0.29) is 31.3 Å². The summed E-state index contributed by atoms with van der Waals surface area (Å²) in [4.78, 5) is 23.7. The van der Waals surface area contributed by atoms with Crippen LogP contribution in [0.4, 0.5) is 11.4 Å². The summed E-state index contributed by atoms with van der Waals surface area (Å²) in [5.74, 6) is -0.306. The number of nitro benzene ring substituents is 1. The van der Waals surface area contributed by atoms with Crippen LogP contribution in [0.3, 0.4) is 0 Å². The Hall–Kier alpha value is -2.04. The normalized spacial score (nSPS) is 11.4. The van der Waals surface area contributed by atoms with E-state index in [1.807, 2.05) is 6.92 Å². The number of likely N-dealkylation sites (N-methyl/N-ethyl adjacent to an activating group) is 1. The molecule has 0 atom stereocenters. The Morgan fingerprint density at radius 3 is 2.43 bits per heavy atom. The highest BCUT2D eigenvalue weighted by Gasteiger charge is 2.11. The van der Waals surface area contributed by atoms with Crippen molar-refractivity contribution in [3.05, 3.63) is 34.4 Å². The molecule has 1 aromatic rings. The molecular formula is C13H19N3O6S. The molecule has 0 spiro atoms. The van der Waals surface area contributed by atoms with Gasteiger partial charge in [0.1, 0.15) is 0 Å². The minimum atomic E-state index is -3.50. The fourth-order valence-electron chi connectivity index (χ4n) is 1.74. The van der Waals surface area contributed by atoms with Crippen LogP contribution in [0.15, 0.2) is 24.3 Å². The SMILES string of the molecule is CCN(CCOS(C)(=O)=O)CC(=O)Nc1ccc([N+](=O)[O-])cc1. The summed E-state index contributed by atoms with van der Waals surface area (Å²) >= 11 is 0. The van der Waals surface area contributed by atoms with Crippen molar-refractivity contribution in [2.24, 2.45) is 0 Å². The van der Waals surface area contributed by atoms with Gasteiger partial charge in [0.2, 0.25) is 5.91 Å². The zero-order chi connectivity index (χ0) is 17.5. The van der Waals surface area contributed by atoms with E-state index in [1.165, 1.54) is 24.3 Å². The van der Waals surface area contributed by atoms with Crippen LogP contribution in [0, 0.1) is 10.1 Å². The third kappa shape index (κ3) is 7.68. The summed E-state index contributed by atoms with van der Waals surface area (Å²) in [5.41, 5.74) is 0.389. The number of nitro groups is 1. The Labute approximate surface area is 134 Å². The smallest absolute Gasteiger partial charge is 0.269 e. The Kier molecular flexibility index (Phi) is 7.07. The average molecular weight is 345 g/mol. The number of rotatable bonds is 9. The van der Waals surface area contributed by atoms with Gasteiger partial charge in [-0.05, 0) is 18.7 Å². The number of non-ortho nitro benzene ring substituents is 1. The number of carbonyl (C=O) groups excluding carboxylic acids is 1. The molecule has 0 radical (unpaired) electrons. The number of hydrogen-bond acceptors (Lipinski definition) is 7. The van der Waals surface area contributed by atoms with Gasteiger partial charge < -0.3 is 5.32 Å². The van der Waals surface area contributed by atoms with Crippen molar-refractivity contribution in [2.45, 2.75) is 6.92 Å². The van der Waals surface area contributed by atoms with Gasteiger partial charge in [0.25, 0.3) is 15.8 Å². The highest BCUT2D eigenvalue weighted by Crippen LogP contribution is 2.15. The highest BCUT2D eigenvalue weighted by atomic mass is 32.2. The summed E-state index contributed by atoms with van der Waals surface area (Å²) in [6, 6.07) is 5.48. The zero-order valence-corrected chi connectivity index (χ0v) is 13.7. The maximum atomic E-state index is 11.9. The molecule has 10 heteroatoms. The maximum Gasteiger partial charge on any atom is 0.269 e. The van der Waals surface area contributed by atoms with Gasteiger partial charge in [0, 0.05) is 24.4 Å². The molecule has 1 aromatic carbocycles. The minimum absolute atomic E-state index is 0.0303. The second-order valence-electron chi connectivity index (χ2n) is 4.75. The predicted molar refractivity (Wildman–Crippen MR) is 84.6 cm³/mol. The number of nitrogens with one attached hydrogen (secondary N) is 1. The third-order valence-electron chi connectivity index (χ3n) is 2.88. The first-order valence-corrected chi connectivity index (χ1v) is 8.64. The van der Waals surface area contributed by atoms with Crippen molar-refractivity contribution in [2.75, 3.05) is 37.8 Å². The molecule has 0 aliphatic carbocycles. The predicted octanol–water partition coefficient (Wildman–Crippen LogP) is 0.831. The lowest BCUT2D eigenvalue weighted by Gasteiger charge is -2.19. The lowest BCUT2D eigenvalue weighted by Crippen LogP contribution is -2.35. The summed E-state index contributed by atoms with van der Waals surface area (Å²) in [6.45, 7) is 2.69. The molecule has 0 saturated heterocycles. The molecule has 0 aromatic heterocycles. The molecule has 0 bridgehead atoms. The van der Waals surface area contributed by atoms with Crippen LogP contribution >= 0.6 is 0 Å². The number of nitrogens with zero attached hydrogens (tertiary/aromatic N) is 2. The number of hydrogen-bond donors (Lipinski definition) is 1. The van der Waals surface area contributed by atoms with Crippen molar-refractivity contribution in [3.8, 4) is 0 Å². The van der Waals surface area contributed by atoms with E-state index in [9.17, 15) is 23.3 Å². The van der Waals surface area contributed by atoms with Crippen LogP contribution < -0.4 is 5.32 Å². The monoisotopic (exact) mass is 345 g/mol.